The lowest BCUT2D eigenvalue weighted by molar-refractivity contribution is -0.130. The summed E-state index contributed by atoms with van der Waals surface area (Å²) in [6.07, 6.45) is 2.79. The van der Waals surface area contributed by atoms with E-state index in [0.717, 1.165) is 12.2 Å². The van der Waals surface area contributed by atoms with Crippen LogP contribution in [0, 0.1) is 5.92 Å². The first-order valence-corrected chi connectivity index (χ1v) is 5.11. The predicted molar refractivity (Wildman–Crippen MR) is 55.5 cm³/mol. The van der Waals surface area contributed by atoms with Gasteiger partial charge in [-0.2, -0.15) is 0 Å². The molecule has 3 nitrogen and oxygen atoms in total. The molecule has 0 aliphatic carbocycles. The number of carbonyl (C=O) groups excluding carboxylic acids is 1. The fourth-order valence-corrected chi connectivity index (χ4v) is 1.72. The highest BCUT2D eigenvalue weighted by atomic mass is 16.5. The molecular weight excluding hydrogens is 178 g/mol. The van der Waals surface area contributed by atoms with Crippen LogP contribution in [0.1, 0.15) is 34.1 Å². The van der Waals surface area contributed by atoms with Crippen LogP contribution in [-0.4, -0.2) is 23.5 Å². The quantitative estimate of drug-likeness (QED) is 0.678. The molecule has 14 heavy (non-hydrogen) atoms. The molecule has 0 saturated carbocycles. The van der Waals surface area contributed by atoms with Crippen molar-refractivity contribution in [3.8, 4) is 0 Å². The number of amides is 1. The van der Waals surface area contributed by atoms with Crippen molar-refractivity contribution < 1.29 is 9.53 Å². The minimum Gasteiger partial charge on any atom is -0.495 e. The van der Waals surface area contributed by atoms with Gasteiger partial charge in [0.1, 0.15) is 12.4 Å². The SMILES string of the molecule is CC(=O)N1C=C(C)OC[C@@H]1CC(C)C. The zero-order valence-corrected chi connectivity index (χ0v) is 9.41. The number of rotatable bonds is 2. The molecule has 1 aliphatic rings. The van der Waals surface area contributed by atoms with E-state index < -0.39 is 0 Å². The van der Waals surface area contributed by atoms with Gasteiger partial charge >= 0.3 is 0 Å². The van der Waals surface area contributed by atoms with Crippen LogP contribution in [-0.2, 0) is 9.53 Å². The number of hydrogen-bond acceptors (Lipinski definition) is 2. The van der Waals surface area contributed by atoms with Crippen LogP contribution in [0.4, 0.5) is 0 Å². The van der Waals surface area contributed by atoms with E-state index in [4.69, 9.17) is 4.74 Å². The third kappa shape index (κ3) is 2.76. The van der Waals surface area contributed by atoms with Crippen molar-refractivity contribution in [1.29, 1.82) is 0 Å². The Hall–Kier alpha value is -0.990. The summed E-state index contributed by atoms with van der Waals surface area (Å²) in [4.78, 5) is 13.2. The smallest absolute Gasteiger partial charge is 0.223 e. The molecule has 0 unspecified atom stereocenters. The molecular formula is C11H19NO2. The Kier molecular flexibility index (Phi) is 3.55. The molecule has 1 aliphatic heterocycles. The molecule has 0 saturated heterocycles. The lowest BCUT2D eigenvalue weighted by atomic mass is 10.0. The van der Waals surface area contributed by atoms with E-state index in [1.165, 1.54) is 0 Å². The average Bonchev–Trinajstić information content (AvgIpc) is 2.07. The van der Waals surface area contributed by atoms with Crippen molar-refractivity contribution >= 4 is 5.91 Å². The summed E-state index contributed by atoms with van der Waals surface area (Å²) < 4.78 is 5.44. The van der Waals surface area contributed by atoms with Gasteiger partial charge < -0.3 is 9.64 Å². The van der Waals surface area contributed by atoms with Crippen molar-refractivity contribution in [1.82, 2.24) is 4.90 Å². The van der Waals surface area contributed by atoms with Crippen molar-refractivity contribution in [3.05, 3.63) is 12.0 Å². The Morgan fingerprint density at radius 2 is 2.36 bits per heavy atom. The van der Waals surface area contributed by atoms with Crippen LogP contribution >= 0.6 is 0 Å². The largest absolute Gasteiger partial charge is 0.495 e. The molecule has 0 aromatic rings. The molecule has 80 valence electrons. The average molecular weight is 197 g/mol. The lowest BCUT2D eigenvalue weighted by Gasteiger charge is -2.33. The Morgan fingerprint density at radius 1 is 1.71 bits per heavy atom. The van der Waals surface area contributed by atoms with E-state index in [1.807, 2.05) is 6.92 Å². The molecule has 0 radical (unpaired) electrons. The first-order chi connectivity index (χ1) is 6.50. The van der Waals surface area contributed by atoms with Crippen LogP contribution < -0.4 is 0 Å². The van der Waals surface area contributed by atoms with Crippen LogP contribution in [0.25, 0.3) is 0 Å². The van der Waals surface area contributed by atoms with Gasteiger partial charge in [-0.05, 0) is 19.3 Å². The monoisotopic (exact) mass is 197 g/mol. The van der Waals surface area contributed by atoms with Crippen molar-refractivity contribution in [2.24, 2.45) is 5.92 Å². The van der Waals surface area contributed by atoms with Gasteiger partial charge in [0.2, 0.25) is 5.91 Å². The Balaban J connectivity index is 2.71. The van der Waals surface area contributed by atoms with Crippen LogP contribution in [0.3, 0.4) is 0 Å². The maximum absolute atomic E-state index is 11.4. The van der Waals surface area contributed by atoms with Crippen molar-refractivity contribution in [3.63, 3.8) is 0 Å². The molecule has 1 heterocycles. The minimum atomic E-state index is 0.0956. The van der Waals surface area contributed by atoms with Crippen LogP contribution in [0.2, 0.25) is 0 Å². The molecule has 1 rings (SSSR count). The number of carbonyl (C=O) groups is 1. The van der Waals surface area contributed by atoms with Gasteiger partial charge in [-0.1, -0.05) is 13.8 Å². The van der Waals surface area contributed by atoms with Gasteiger partial charge in [-0.15, -0.1) is 0 Å². The van der Waals surface area contributed by atoms with Crippen LogP contribution in [0.15, 0.2) is 12.0 Å². The summed E-state index contributed by atoms with van der Waals surface area (Å²) in [6, 6.07) is 0.205. The van der Waals surface area contributed by atoms with E-state index in [9.17, 15) is 4.79 Å². The Bertz CT molecular complexity index is 246. The highest BCUT2D eigenvalue weighted by Crippen LogP contribution is 2.19. The second-order valence-corrected chi connectivity index (χ2v) is 4.26. The van der Waals surface area contributed by atoms with Gasteiger partial charge in [-0.3, -0.25) is 4.79 Å². The molecule has 0 bridgehead atoms. The maximum Gasteiger partial charge on any atom is 0.223 e. The molecule has 1 atom stereocenters. The van der Waals surface area contributed by atoms with E-state index in [-0.39, 0.29) is 11.9 Å². The zero-order chi connectivity index (χ0) is 10.7. The summed E-state index contributed by atoms with van der Waals surface area (Å²) in [5, 5.41) is 0. The number of allylic oxidation sites excluding steroid dienone is 1. The first kappa shape index (κ1) is 11.1. The maximum atomic E-state index is 11.4. The molecule has 0 spiro atoms. The van der Waals surface area contributed by atoms with Crippen molar-refractivity contribution in [2.45, 2.75) is 40.2 Å². The van der Waals surface area contributed by atoms with Gasteiger partial charge in [0.25, 0.3) is 0 Å². The molecule has 3 heteroatoms. The highest BCUT2D eigenvalue weighted by Gasteiger charge is 2.24. The third-order valence-corrected chi connectivity index (χ3v) is 2.32. The van der Waals surface area contributed by atoms with Gasteiger partial charge in [0.15, 0.2) is 0 Å². The van der Waals surface area contributed by atoms with E-state index >= 15 is 0 Å². The number of nitrogens with zero attached hydrogens (tertiary/aromatic N) is 1. The number of ether oxygens (including phenoxy) is 1. The van der Waals surface area contributed by atoms with Crippen molar-refractivity contribution in [2.75, 3.05) is 6.61 Å². The lowest BCUT2D eigenvalue weighted by Crippen LogP contribution is -2.41. The van der Waals surface area contributed by atoms with Crippen LogP contribution in [0.5, 0.6) is 0 Å². The topological polar surface area (TPSA) is 29.5 Å². The second-order valence-electron chi connectivity index (χ2n) is 4.26. The Morgan fingerprint density at radius 3 is 2.86 bits per heavy atom. The van der Waals surface area contributed by atoms with Gasteiger partial charge in [-0.25, -0.2) is 0 Å². The Labute approximate surface area is 85.7 Å². The van der Waals surface area contributed by atoms with E-state index in [2.05, 4.69) is 13.8 Å². The summed E-state index contributed by atoms with van der Waals surface area (Å²) in [5.74, 6) is 1.50. The summed E-state index contributed by atoms with van der Waals surface area (Å²) >= 11 is 0. The summed E-state index contributed by atoms with van der Waals surface area (Å²) in [6.45, 7) is 8.41. The summed E-state index contributed by atoms with van der Waals surface area (Å²) in [5.41, 5.74) is 0. The predicted octanol–water partition coefficient (Wildman–Crippen LogP) is 2.14. The summed E-state index contributed by atoms with van der Waals surface area (Å²) in [7, 11) is 0. The molecule has 1 amide bonds. The second kappa shape index (κ2) is 4.49. The van der Waals surface area contributed by atoms with E-state index in [1.54, 1.807) is 18.0 Å². The zero-order valence-electron chi connectivity index (χ0n) is 9.41. The molecule has 0 N–H and O–H groups in total. The highest BCUT2D eigenvalue weighted by molar-refractivity contribution is 5.75. The third-order valence-electron chi connectivity index (χ3n) is 2.32. The standard InChI is InChI=1S/C11H19NO2/c1-8(2)5-11-7-14-9(3)6-12(11)10(4)13/h6,8,11H,5,7H2,1-4H3/t11-/m0/s1. The first-order valence-electron chi connectivity index (χ1n) is 5.11. The normalized spacial score (nSPS) is 21.9. The fourth-order valence-electron chi connectivity index (χ4n) is 1.72. The van der Waals surface area contributed by atoms with Gasteiger partial charge in [0, 0.05) is 13.1 Å². The molecule has 0 aromatic heterocycles. The minimum absolute atomic E-state index is 0.0956. The fraction of sp³-hybridized carbons (Fsp3) is 0.727. The number of hydrogen-bond donors (Lipinski definition) is 0. The van der Waals surface area contributed by atoms with E-state index in [0.29, 0.717) is 12.5 Å². The van der Waals surface area contributed by atoms with Gasteiger partial charge in [0.05, 0.1) is 6.04 Å². The molecule has 0 fully saturated rings. The molecule has 0 aromatic carbocycles.